The molecule has 1 heterocycles. The van der Waals surface area contributed by atoms with E-state index >= 15 is 0 Å². The van der Waals surface area contributed by atoms with Crippen LogP contribution >= 0.6 is 0 Å². The number of hydrogen-bond acceptors (Lipinski definition) is 3. The maximum Gasteiger partial charge on any atom is 0.522 e. The SMILES string of the molecule is NN1CCC(OC(F)(F)F)CC1c1ccccc1. The number of benzene rings is 1. The van der Waals surface area contributed by atoms with Gasteiger partial charge in [0.05, 0.1) is 12.1 Å². The third-order valence-electron chi connectivity index (χ3n) is 3.08. The van der Waals surface area contributed by atoms with Crippen LogP contribution in [0.5, 0.6) is 0 Å². The Morgan fingerprint density at radius 1 is 1.22 bits per heavy atom. The van der Waals surface area contributed by atoms with E-state index in [1.165, 1.54) is 0 Å². The molecule has 0 amide bonds. The van der Waals surface area contributed by atoms with Crippen molar-refractivity contribution in [2.24, 2.45) is 5.84 Å². The minimum Gasteiger partial charge on any atom is -0.288 e. The van der Waals surface area contributed by atoms with Gasteiger partial charge < -0.3 is 0 Å². The van der Waals surface area contributed by atoms with Crippen LogP contribution in [0.1, 0.15) is 24.4 Å². The first-order valence-electron chi connectivity index (χ1n) is 5.76. The summed E-state index contributed by atoms with van der Waals surface area (Å²) >= 11 is 0. The molecule has 1 aliphatic heterocycles. The van der Waals surface area contributed by atoms with Crippen LogP contribution in [0.15, 0.2) is 30.3 Å². The zero-order chi connectivity index (χ0) is 13.2. The van der Waals surface area contributed by atoms with Crippen LogP contribution in [0.3, 0.4) is 0 Å². The smallest absolute Gasteiger partial charge is 0.288 e. The zero-order valence-electron chi connectivity index (χ0n) is 9.73. The molecule has 1 aliphatic rings. The van der Waals surface area contributed by atoms with E-state index in [-0.39, 0.29) is 12.5 Å². The van der Waals surface area contributed by atoms with Gasteiger partial charge in [-0.05, 0) is 18.4 Å². The Bertz CT molecular complexity index is 383. The normalized spacial score (nSPS) is 26.2. The van der Waals surface area contributed by atoms with Crippen molar-refractivity contribution in [2.45, 2.75) is 31.3 Å². The van der Waals surface area contributed by atoms with E-state index in [9.17, 15) is 13.2 Å². The maximum atomic E-state index is 12.2. The molecule has 1 aromatic rings. The number of halogens is 3. The molecule has 0 aliphatic carbocycles. The molecule has 2 unspecified atom stereocenters. The van der Waals surface area contributed by atoms with Gasteiger partial charge in [0.1, 0.15) is 0 Å². The van der Waals surface area contributed by atoms with Crippen molar-refractivity contribution in [1.82, 2.24) is 5.01 Å². The molecule has 100 valence electrons. The van der Waals surface area contributed by atoms with E-state index in [0.717, 1.165) is 5.56 Å². The third kappa shape index (κ3) is 3.44. The third-order valence-corrected chi connectivity index (χ3v) is 3.08. The summed E-state index contributed by atoms with van der Waals surface area (Å²) in [5.74, 6) is 5.83. The quantitative estimate of drug-likeness (QED) is 0.831. The van der Waals surface area contributed by atoms with Crippen molar-refractivity contribution >= 4 is 0 Å². The summed E-state index contributed by atoms with van der Waals surface area (Å²) < 4.78 is 40.7. The average Bonchev–Trinajstić information content (AvgIpc) is 2.31. The van der Waals surface area contributed by atoms with E-state index < -0.39 is 12.5 Å². The first-order chi connectivity index (χ1) is 8.46. The predicted octanol–water partition coefficient (Wildman–Crippen LogP) is 2.60. The molecular weight excluding hydrogens is 245 g/mol. The van der Waals surface area contributed by atoms with E-state index in [0.29, 0.717) is 13.0 Å². The number of ether oxygens (including phenoxy) is 1. The van der Waals surface area contributed by atoms with Gasteiger partial charge in [0, 0.05) is 6.54 Å². The van der Waals surface area contributed by atoms with Crippen LogP contribution < -0.4 is 5.84 Å². The highest BCUT2D eigenvalue weighted by Crippen LogP contribution is 2.33. The second-order valence-corrected chi connectivity index (χ2v) is 4.37. The van der Waals surface area contributed by atoms with Gasteiger partial charge >= 0.3 is 6.36 Å². The molecule has 3 nitrogen and oxygen atoms in total. The lowest BCUT2D eigenvalue weighted by atomic mass is 9.95. The molecule has 0 radical (unpaired) electrons. The standard InChI is InChI=1S/C12H15F3N2O/c13-12(14,15)18-10-6-7-17(16)11(8-10)9-4-2-1-3-5-9/h1-5,10-11H,6-8,16H2. The van der Waals surface area contributed by atoms with Crippen LogP contribution in [0.25, 0.3) is 0 Å². The van der Waals surface area contributed by atoms with Crippen molar-refractivity contribution in [3.63, 3.8) is 0 Å². The zero-order valence-corrected chi connectivity index (χ0v) is 9.73. The van der Waals surface area contributed by atoms with Gasteiger partial charge in [-0.1, -0.05) is 30.3 Å². The summed E-state index contributed by atoms with van der Waals surface area (Å²) in [6.45, 7) is 0.389. The van der Waals surface area contributed by atoms with Crippen LogP contribution in [-0.4, -0.2) is 24.0 Å². The Balaban J connectivity index is 2.06. The summed E-state index contributed by atoms with van der Waals surface area (Å²) in [5.41, 5.74) is 0.912. The van der Waals surface area contributed by atoms with Crippen molar-refractivity contribution in [3.05, 3.63) is 35.9 Å². The van der Waals surface area contributed by atoms with E-state index in [4.69, 9.17) is 5.84 Å². The second kappa shape index (κ2) is 5.26. The predicted molar refractivity (Wildman–Crippen MR) is 60.2 cm³/mol. The van der Waals surface area contributed by atoms with Gasteiger partial charge in [-0.25, -0.2) is 5.01 Å². The summed E-state index contributed by atoms with van der Waals surface area (Å²) in [7, 11) is 0. The van der Waals surface area contributed by atoms with Crippen molar-refractivity contribution < 1.29 is 17.9 Å². The highest BCUT2D eigenvalue weighted by Gasteiger charge is 2.37. The molecule has 1 aromatic carbocycles. The Morgan fingerprint density at radius 2 is 1.89 bits per heavy atom. The Hall–Kier alpha value is -1.11. The number of nitrogens with two attached hydrogens (primary N) is 1. The molecule has 1 saturated heterocycles. The largest absolute Gasteiger partial charge is 0.522 e. The van der Waals surface area contributed by atoms with Crippen LogP contribution in [0, 0.1) is 0 Å². The summed E-state index contributed by atoms with van der Waals surface area (Å²) in [6, 6.07) is 9.04. The molecular formula is C12H15F3N2O. The van der Waals surface area contributed by atoms with E-state index in [1.54, 1.807) is 5.01 Å². The summed E-state index contributed by atoms with van der Waals surface area (Å²) in [6.07, 6.45) is -4.86. The van der Waals surface area contributed by atoms with Gasteiger partial charge in [-0.2, -0.15) is 0 Å². The molecule has 2 atom stereocenters. The number of piperidine rings is 1. The highest BCUT2D eigenvalue weighted by molar-refractivity contribution is 5.19. The monoisotopic (exact) mass is 260 g/mol. The van der Waals surface area contributed by atoms with E-state index in [1.807, 2.05) is 30.3 Å². The number of hydrogen-bond donors (Lipinski definition) is 1. The molecule has 18 heavy (non-hydrogen) atoms. The van der Waals surface area contributed by atoms with Gasteiger partial charge in [0.2, 0.25) is 0 Å². The minimum atomic E-state index is -4.58. The molecule has 0 saturated carbocycles. The van der Waals surface area contributed by atoms with Gasteiger partial charge in [0.15, 0.2) is 0 Å². The molecule has 2 rings (SSSR count). The minimum absolute atomic E-state index is 0.229. The lowest BCUT2D eigenvalue weighted by Crippen LogP contribution is -2.45. The van der Waals surface area contributed by atoms with Crippen LogP contribution in [0.4, 0.5) is 13.2 Å². The van der Waals surface area contributed by atoms with Crippen molar-refractivity contribution in [2.75, 3.05) is 6.54 Å². The Morgan fingerprint density at radius 3 is 2.50 bits per heavy atom. The Kier molecular flexibility index (Phi) is 3.89. The maximum absolute atomic E-state index is 12.2. The first-order valence-corrected chi connectivity index (χ1v) is 5.76. The van der Waals surface area contributed by atoms with Gasteiger partial charge in [-0.15, -0.1) is 13.2 Å². The molecule has 0 spiro atoms. The second-order valence-electron chi connectivity index (χ2n) is 4.37. The van der Waals surface area contributed by atoms with E-state index in [2.05, 4.69) is 4.74 Å². The highest BCUT2D eigenvalue weighted by atomic mass is 19.4. The Labute approximate surface area is 103 Å². The number of rotatable bonds is 2. The van der Waals surface area contributed by atoms with Crippen LogP contribution in [0.2, 0.25) is 0 Å². The molecule has 0 bridgehead atoms. The van der Waals surface area contributed by atoms with Gasteiger partial charge in [0.25, 0.3) is 0 Å². The summed E-state index contributed by atoms with van der Waals surface area (Å²) in [5, 5.41) is 1.57. The fourth-order valence-corrected chi connectivity index (χ4v) is 2.25. The topological polar surface area (TPSA) is 38.5 Å². The number of nitrogens with zero attached hydrogens (tertiary/aromatic N) is 1. The fourth-order valence-electron chi connectivity index (χ4n) is 2.25. The molecule has 6 heteroatoms. The lowest BCUT2D eigenvalue weighted by Gasteiger charge is -2.36. The van der Waals surface area contributed by atoms with Crippen molar-refractivity contribution in [3.8, 4) is 0 Å². The average molecular weight is 260 g/mol. The summed E-state index contributed by atoms with van der Waals surface area (Å²) in [4.78, 5) is 0. The lowest BCUT2D eigenvalue weighted by molar-refractivity contribution is -0.347. The number of alkyl halides is 3. The fraction of sp³-hybridized carbons (Fsp3) is 0.500. The van der Waals surface area contributed by atoms with Crippen LogP contribution in [-0.2, 0) is 4.74 Å². The molecule has 0 aromatic heterocycles. The number of hydrazine groups is 1. The van der Waals surface area contributed by atoms with Crippen molar-refractivity contribution in [1.29, 1.82) is 0 Å². The first kappa shape index (κ1) is 13.3. The van der Waals surface area contributed by atoms with Gasteiger partial charge in [-0.3, -0.25) is 10.6 Å². The molecule has 2 N–H and O–H groups in total. The molecule has 1 fully saturated rings.